The maximum absolute atomic E-state index is 6.36. The summed E-state index contributed by atoms with van der Waals surface area (Å²) in [4.78, 5) is 2.42. The number of fused-ring (bicyclic) bond motifs is 1. The Morgan fingerprint density at radius 1 is 1.33 bits per heavy atom. The molecule has 2 aliphatic heterocycles. The molecule has 0 amide bonds. The minimum atomic E-state index is 0.00196. The van der Waals surface area contributed by atoms with Crippen LogP contribution in [0.25, 0.3) is 0 Å². The molecule has 2 aliphatic rings. The number of nitrogens with zero attached hydrogens (tertiary/aromatic N) is 1. The van der Waals surface area contributed by atoms with E-state index in [-0.39, 0.29) is 6.04 Å². The molecule has 0 radical (unpaired) electrons. The fourth-order valence-electron chi connectivity index (χ4n) is 3.12. The molecular weight excluding hydrogens is 268 g/mol. The lowest BCUT2D eigenvalue weighted by atomic mass is 10.1. The molecule has 2 heterocycles. The molecule has 0 saturated carbocycles. The van der Waals surface area contributed by atoms with Crippen LogP contribution in [0.3, 0.4) is 0 Å². The second kappa shape index (κ2) is 6.64. The van der Waals surface area contributed by atoms with E-state index >= 15 is 0 Å². The van der Waals surface area contributed by atoms with Crippen LogP contribution in [0.1, 0.15) is 18.0 Å². The van der Waals surface area contributed by atoms with Crippen molar-refractivity contribution in [3.05, 3.63) is 23.8 Å². The van der Waals surface area contributed by atoms with Gasteiger partial charge < -0.3 is 24.8 Å². The van der Waals surface area contributed by atoms with Crippen molar-refractivity contribution in [2.45, 2.75) is 12.5 Å². The minimum Gasteiger partial charge on any atom is -0.486 e. The van der Waals surface area contributed by atoms with Crippen LogP contribution in [0, 0.1) is 5.92 Å². The van der Waals surface area contributed by atoms with E-state index in [1.165, 1.54) is 6.42 Å². The van der Waals surface area contributed by atoms with Crippen molar-refractivity contribution in [2.75, 3.05) is 46.6 Å². The highest BCUT2D eigenvalue weighted by atomic mass is 16.6. The van der Waals surface area contributed by atoms with Gasteiger partial charge >= 0.3 is 0 Å². The predicted octanol–water partition coefficient (Wildman–Crippen LogP) is 1.43. The molecule has 21 heavy (non-hydrogen) atoms. The first kappa shape index (κ1) is 14.6. The van der Waals surface area contributed by atoms with Gasteiger partial charge in [-0.2, -0.15) is 0 Å². The van der Waals surface area contributed by atoms with Crippen molar-refractivity contribution in [1.82, 2.24) is 4.90 Å². The van der Waals surface area contributed by atoms with E-state index in [0.29, 0.717) is 19.1 Å². The maximum atomic E-state index is 6.36. The molecule has 2 unspecified atom stereocenters. The third-order valence-corrected chi connectivity index (χ3v) is 4.22. The first-order valence-electron chi connectivity index (χ1n) is 7.62. The van der Waals surface area contributed by atoms with Gasteiger partial charge in [-0.3, -0.25) is 0 Å². The zero-order chi connectivity index (χ0) is 14.7. The van der Waals surface area contributed by atoms with Gasteiger partial charge in [0.1, 0.15) is 13.2 Å². The summed E-state index contributed by atoms with van der Waals surface area (Å²) in [6.07, 6.45) is 1.20. The maximum Gasteiger partial charge on any atom is 0.161 e. The monoisotopic (exact) mass is 292 g/mol. The first-order valence-corrected chi connectivity index (χ1v) is 7.62. The summed E-state index contributed by atoms with van der Waals surface area (Å²) in [5.74, 6) is 2.27. The smallest absolute Gasteiger partial charge is 0.161 e. The second-order valence-electron chi connectivity index (χ2n) is 5.88. The number of benzene rings is 1. The number of methoxy groups -OCH3 is 1. The first-order chi connectivity index (χ1) is 10.3. The average Bonchev–Trinajstić information content (AvgIpc) is 2.94. The number of nitrogens with two attached hydrogens (primary N) is 1. The molecule has 1 saturated heterocycles. The van der Waals surface area contributed by atoms with E-state index in [1.807, 2.05) is 18.2 Å². The fraction of sp³-hybridized carbons (Fsp3) is 0.625. The van der Waals surface area contributed by atoms with Gasteiger partial charge in [0.05, 0.1) is 6.61 Å². The number of rotatable bonds is 5. The summed E-state index contributed by atoms with van der Waals surface area (Å²) in [6.45, 7) is 5.12. The lowest BCUT2D eigenvalue weighted by molar-refractivity contribution is 0.152. The van der Waals surface area contributed by atoms with Gasteiger partial charge in [-0.15, -0.1) is 0 Å². The summed E-state index contributed by atoms with van der Waals surface area (Å²) >= 11 is 0. The van der Waals surface area contributed by atoms with Crippen LogP contribution < -0.4 is 15.2 Å². The SMILES string of the molecule is COCC1CCN(CC(N)c2ccc3c(c2)OCCO3)C1. The van der Waals surface area contributed by atoms with Gasteiger partial charge in [0.15, 0.2) is 11.5 Å². The Bertz CT molecular complexity index is 481. The number of ether oxygens (including phenoxy) is 3. The Kier molecular flexibility index (Phi) is 4.63. The topological polar surface area (TPSA) is 57.0 Å². The van der Waals surface area contributed by atoms with Crippen molar-refractivity contribution >= 4 is 0 Å². The normalized spacial score (nSPS) is 23.2. The quantitative estimate of drug-likeness (QED) is 0.889. The van der Waals surface area contributed by atoms with Gasteiger partial charge in [-0.25, -0.2) is 0 Å². The van der Waals surface area contributed by atoms with Gasteiger partial charge in [-0.1, -0.05) is 6.07 Å². The molecule has 2 N–H and O–H groups in total. The van der Waals surface area contributed by atoms with Crippen molar-refractivity contribution in [3.8, 4) is 11.5 Å². The van der Waals surface area contributed by atoms with Crippen LogP contribution in [0.15, 0.2) is 18.2 Å². The highest BCUT2D eigenvalue weighted by Crippen LogP contribution is 2.32. The average molecular weight is 292 g/mol. The molecule has 0 spiro atoms. The predicted molar refractivity (Wildman–Crippen MR) is 80.8 cm³/mol. The molecule has 1 fully saturated rings. The summed E-state index contributed by atoms with van der Waals surface area (Å²) < 4.78 is 16.4. The third-order valence-electron chi connectivity index (χ3n) is 4.22. The van der Waals surface area contributed by atoms with Gasteiger partial charge in [0.2, 0.25) is 0 Å². The van der Waals surface area contributed by atoms with Crippen LogP contribution >= 0.6 is 0 Å². The molecule has 116 valence electrons. The Morgan fingerprint density at radius 3 is 2.95 bits per heavy atom. The van der Waals surface area contributed by atoms with Crippen LogP contribution in [0.5, 0.6) is 11.5 Å². The lowest BCUT2D eigenvalue weighted by Crippen LogP contribution is -2.31. The molecule has 0 bridgehead atoms. The summed E-state index contributed by atoms with van der Waals surface area (Å²) in [5, 5.41) is 0. The summed E-state index contributed by atoms with van der Waals surface area (Å²) in [5.41, 5.74) is 7.46. The van der Waals surface area contributed by atoms with Crippen molar-refractivity contribution in [3.63, 3.8) is 0 Å². The molecule has 2 atom stereocenters. The van der Waals surface area contributed by atoms with E-state index in [4.69, 9.17) is 19.9 Å². The highest BCUT2D eigenvalue weighted by Gasteiger charge is 2.24. The molecule has 3 rings (SSSR count). The summed E-state index contributed by atoms with van der Waals surface area (Å²) in [7, 11) is 1.77. The molecular formula is C16H24N2O3. The van der Waals surface area contributed by atoms with Crippen molar-refractivity contribution in [2.24, 2.45) is 11.7 Å². The van der Waals surface area contributed by atoms with Crippen molar-refractivity contribution in [1.29, 1.82) is 0 Å². The second-order valence-corrected chi connectivity index (χ2v) is 5.88. The van der Waals surface area contributed by atoms with Gasteiger partial charge in [0, 0.05) is 26.2 Å². The molecule has 1 aromatic rings. The Labute approximate surface area is 126 Å². The largest absolute Gasteiger partial charge is 0.486 e. The Balaban J connectivity index is 1.59. The van der Waals surface area contributed by atoms with Crippen LogP contribution in [-0.2, 0) is 4.74 Å². The Hall–Kier alpha value is -1.30. The third kappa shape index (κ3) is 3.48. The number of hydrogen-bond donors (Lipinski definition) is 1. The minimum absolute atomic E-state index is 0.00196. The molecule has 0 aliphatic carbocycles. The van der Waals surface area contributed by atoms with Gasteiger partial charge in [-0.05, 0) is 36.6 Å². The van der Waals surface area contributed by atoms with Crippen LogP contribution in [-0.4, -0.2) is 51.5 Å². The van der Waals surface area contributed by atoms with Crippen LogP contribution in [0.2, 0.25) is 0 Å². The number of hydrogen-bond acceptors (Lipinski definition) is 5. The standard InChI is InChI=1S/C16H24N2O3/c1-19-11-12-4-5-18(9-12)10-14(17)13-2-3-15-16(8-13)21-7-6-20-15/h2-3,8,12,14H,4-7,9-11,17H2,1H3. The van der Waals surface area contributed by atoms with E-state index in [0.717, 1.165) is 43.3 Å². The summed E-state index contributed by atoms with van der Waals surface area (Å²) in [6, 6.07) is 6.02. The fourth-order valence-corrected chi connectivity index (χ4v) is 3.12. The van der Waals surface area contributed by atoms with Crippen molar-refractivity contribution < 1.29 is 14.2 Å². The van der Waals surface area contributed by atoms with E-state index in [2.05, 4.69) is 4.90 Å². The van der Waals surface area contributed by atoms with E-state index in [1.54, 1.807) is 7.11 Å². The van der Waals surface area contributed by atoms with E-state index < -0.39 is 0 Å². The Morgan fingerprint density at radius 2 is 2.14 bits per heavy atom. The molecule has 5 nitrogen and oxygen atoms in total. The molecule has 1 aromatic carbocycles. The van der Waals surface area contributed by atoms with E-state index in [9.17, 15) is 0 Å². The zero-order valence-corrected chi connectivity index (χ0v) is 12.6. The lowest BCUT2D eigenvalue weighted by Gasteiger charge is -2.23. The van der Waals surface area contributed by atoms with Gasteiger partial charge in [0.25, 0.3) is 0 Å². The number of likely N-dealkylation sites (tertiary alicyclic amines) is 1. The molecule has 0 aromatic heterocycles. The zero-order valence-electron chi connectivity index (χ0n) is 12.6. The molecule has 5 heteroatoms. The van der Waals surface area contributed by atoms with Crippen LogP contribution in [0.4, 0.5) is 0 Å². The highest BCUT2D eigenvalue weighted by molar-refractivity contribution is 5.44.